The highest BCUT2D eigenvalue weighted by Crippen LogP contribution is 2.40. The zero-order chi connectivity index (χ0) is 11.6. The number of aromatic hydroxyl groups is 2. The minimum atomic E-state index is -0.851. The largest absolute Gasteiger partial charge is 0.504 e. The van der Waals surface area contributed by atoms with Crippen molar-refractivity contribution in [1.29, 1.82) is 0 Å². The lowest BCUT2D eigenvalue weighted by molar-refractivity contribution is 0.371. The van der Waals surface area contributed by atoms with Crippen molar-refractivity contribution in [1.82, 2.24) is 0 Å². The Balaban J connectivity index is 3.19. The minimum Gasteiger partial charge on any atom is -0.504 e. The van der Waals surface area contributed by atoms with Gasteiger partial charge in [0, 0.05) is 5.56 Å². The van der Waals surface area contributed by atoms with Crippen LogP contribution in [0.5, 0.6) is 11.5 Å². The Morgan fingerprint density at radius 1 is 1.47 bits per heavy atom. The summed E-state index contributed by atoms with van der Waals surface area (Å²) in [6.07, 6.45) is 0.658. The molecule has 15 heavy (non-hydrogen) atoms. The predicted molar refractivity (Wildman–Crippen MR) is 59.5 cm³/mol. The third-order valence-electron chi connectivity index (χ3n) is 2.33. The number of phenolic OH excluding ortho intramolecular Hbond substituents is 2. The molecule has 0 aliphatic carbocycles. The monoisotopic (exact) mass is 277 g/mol. The van der Waals surface area contributed by atoms with Crippen molar-refractivity contribution in [2.75, 3.05) is 6.54 Å². The highest BCUT2D eigenvalue weighted by Gasteiger charge is 2.19. The third-order valence-corrected chi connectivity index (χ3v) is 2.91. The number of rotatable bonds is 3. The first kappa shape index (κ1) is 12.3. The van der Waals surface area contributed by atoms with Crippen LogP contribution in [0, 0.1) is 5.82 Å². The lowest BCUT2D eigenvalue weighted by atomic mass is 9.96. The summed E-state index contributed by atoms with van der Waals surface area (Å²) in [7, 11) is 0. The number of halogens is 2. The van der Waals surface area contributed by atoms with Crippen LogP contribution in [0.1, 0.15) is 24.8 Å². The van der Waals surface area contributed by atoms with Gasteiger partial charge in [-0.3, -0.25) is 0 Å². The summed E-state index contributed by atoms with van der Waals surface area (Å²) < 4.78 is 13.3. The molecule has 0 heterocycles. The van der Waals surface area contributed by atoms with E-state index in [0.717, 1.165) is 0 Å². The van der Waals surface area contributed by atoms with E-state index < -0.39 is 17.3 Å². The van der Waals surface area contributed by atoms with Crippen LogP contribution in [-0.2, 0) is 0 Å². The molecule has 5 heteroatoms. The van der Waals surface area contributed by atoms with E-state index in [9.17, 15) is 14.6 Å². The standard InChI is InChI=1S/C10H13BrFNO2/c1-5(2-3-13)6-4-7(11)8(12)10(15)9(6)14/h4-5,14-15H,2-3,13H2,1H3. The van der Waals surface area contributed by atoms with Crippen molar-refractivity contribution in [2.24, 2.45) is 5.73 Å². The number of hydrogen-bond acceptors (Lipinski definition) is 3. The molecule has 1 aromatic rings. The van der Waals surface area contributed by atoms with E-state index in [0.29, 0.717) is 18.5 Å². The summed E-state index contributed by atoms with van der Waals surface area (Å²) in [5, 5.41) is 18.8. The molecule has 84 valence electrons. The van der Waals surface area contributed by atoms with E-state index in [2.05, 4.69) is 15.9 Å². The van der Waals surface area contributed by atoms with E-state index in [-0.39, 0.29) is 10.4 Å². The molecular weight excluding hydrogens is 265 g/mol. The fourth-order valence-electron chi connectivity index (χ4n) is 1.40. The van der Waals surface area contributed by atoms with Crippen LogP contribution in [-0.4, -0.2) is 16.8 Å². The van der Waals surface area contributed by atoms with Crippen molar-refractivity contribution in [3.8, 4) is 11.5 Å². The Kier molecular flexibility index (Phi) is 3.93. The summed E-state index contributed by atoms with van der Waals surface area (Å²) >= 11 is 2.97. The second-order valence-electron chi connectivity index (χ2n) is 3.44. The molecule has 0 saturated carbocycles. The van der Waals surface area contributed by atoms with Crippen LogP contribution < -0.4 is 5.73 Å². The molecule has 0 saturated heterocycles. The van der Waals surface area contributed by atoms with Gasteiger partial charge in [-0.15, -0.1) is 0 Å². The SMILES string of the molecule is CC(CCN)c1cc(Br)c(F)c(O)c1O. The number of phenols is 2. The van der Waals surface area contributed by atoms with Gasteiger partial charge in [-0.1, -0.05) is 6.92 Å². The first-order valence-corrected chi connectivity index (χ1v) is 5.38. The quantitative estimate of drug-likeness (QED) is 0.744. The van der Waals surface area contributed by atoms with Crippen molar-refractivity contribution in [3.63, 3.8) is 0 Å². The molecule has 1 rings (SSSR count). The Bertz CT molecular complexity index is 371. The van der Waals surface area contributed by atoms with Gasteiger partial charge in [-0.25, -0.2) is 4.39 Å². The van der Waals surface area contributed by atoms with Crippen molar-refractivity contribution in [3.05, 3.63) is 21.9 Å². The molecule has 1 atom stereocenters. The van der Waals surface area contributed by atoms with Crippen molar-refractivity contribution in [2.45, 2.75) is 19.3 Å². The highest BCUT2D eigenvalue weighted by atomic mass is 79.9. The molecule has 0 bridgehead atoms. The molecule has 0 radical (unpaired) electrons. The maximum atomic E-state index is 13.1. The zero-order valence-electron chi connectivity index (χ0n) is 8.30. The molecule has 0 aromatic heterocycles. The summed E-state index contributed by atoms with van der Waals surface area (Å²) in [6, 6.07) is 1.46. The average Bonchev–Trinajstić information content (AvgIpc) is 2.20. The van der Waals surface area contributed by atoms with Crippen LogP contribution >= 0.6 is 15.9 Å². The molecule has 1 unspecified atom stereocenters. The Hall–Kier alpha value is -0.810. The third kappa shape index (κ3) is 2.41. The van der Waals surface area contributed by atoms with Crippen molar-refractivity contribution < 1.29 is 14.6 Å². The fourth-order valence-corrected chi connectivity index (χ4v) is 1.84. The molecule has 0 spiro atoms. The highest BCUT2D eigenvalue weighted by molar-refractivity contribution is 9.10. The van der Waals surface area contributed by atoms with Gasteiger partial charge in [0.1, 0.15) is 0 Å². The lowest BCUT2D eigenvalue weighted by Gasteiger charge is -2.14. The van der Waals surface area contributed by atoms with E-state index in [1.807, 2.05) is 6.92 Å². The normalized spacial score (nSPS) is 12.8. The summed E-state index contributed by atoms with van der Waals surface area (Å²) in [6.45, 7) is 2.32. The molecule has 1 aromatic carbocycles. The summed E-state index contributed by atoms with van der Waals surface area (Å²) in [4.78, 5) is 0. The molecule has 3 nitrogen and oxygen atoms in total. The van der Waals surface area contributed by atoms with E-state index in [1.165, 1.54) is 6.07 Å². The molecule has 0 amide bonds. The first-order chi connectivity index (χ1) is 6.99. The molecular formula is C10H13BrFNO2. The van der Waals surface area contributed by atoms with Gasteiger partial charge in [-0.2, -0.15) is 0 Å². The number of benzene rings is 1. The molecule has 0 aliphatic heterocycles. The fraction of sp³-hybridized carbons (Fsp3) is 0.400. The van der Waals surface area contributed by atoms with Gasteiger partial charge in [0.25, 0.3) is 0 Å². The van der Waals surface area contributed by atoms with Gasteiger partial charge < -0.3 is 15.9 Å². The second kappa shape index (κ2) is 4.81. The van der Waals surface area contributed by atoms with Crippen LogP contribution in [0.25, 0.3) is 0 Å². The topological polar surface area (TPSA) is 66.5 Å². The van der Waals surface area contributed by atoms with Gasteiger partial charge in [0.05, 0.1) is 4.47 Å². The Morgan fingerprint density at radius 3 is 2.60 bits per heavy atom. The summed E-state index contributed by atoms with van der Waals surface area (Å²) in [5.41, 5.74) is 5.88. The van der Waals surface area contributed by atoms with Gasteiger partial charge in [0.15, 0.2) is 17.3 Å². The number of nitrogens with two attached hydrogens (primary N) is 1. The smallest absolute Gasteiger partial charge is 0.195 e. The Morgan fingerprint density at radius 2 is 2.07 bits per heavy atom. The zero-order valence-corrected chi connectivity index (χ0v) is 9.88. The first-order valence-electron chi connectivity index (χ1n) is 4.59. The van der Waals surface area contributed by atoms with Crippen LogP contribution in [0.3, 0.4) is 0 Å². The number of hydrogen-bond donors (Lipinski definition) is 3. The molecule has 4 N–H and O–H groups in total. The van der Waals surface area contributed by atoms with Crippen LogP contribution in [0.15, 0.2) is 10.5 Å². The summed E-state index contributed by atoms with van der Waals surface area (Å²) in [5.74, 6) is -2.01. The van der Waals surface area contributed by atoms with Gasteiger partial charge >= 0.3 is 0 Å². The van der Waals surface area contributed by atoms with E-state index in [4.69, 9.17) is 5.73 Å². The minimum absolute atomic E-state index is 0.0298. The van der Waals surface area contributed by atoms with Crippen LogP contribution in [0.4, 0.5) is 4.39 Å². The predicted octanol–water partition coefficient (Wildman–Crippen LogP) is 2.45. The second-order valence-corrected chi connectivity index (χ2v) is 4.29. The van der Waals surface area contributed by atoms with E-state index >= 15 is 0 Å². The van der Waals surface area contributed by atoms with E-state index in [1.54, 1.807) is 0 Å². The maximum absolute atomic E-state index is 13.1. The van der Waals surface area contributed by atoms with Gasteiger partial charge in [-0.05, 0) is 40.9 Å². The lowest BCUT2D eigenvalue weighted by Crippen LogP contribution is -2.05. The Labute approximate surface area is 95.9 Å². The molecule has 0 fully saturated rings. The van der Waals surface area contributed by atoms with Gasteiger partial charge in [0.2, 0.25) is 0 Å². The average molecular weight is 278 g/mol. The molecule has 0 aliphatic rings. The van der Waals surface area contributed by atoms with Crippen molar-refractivity contribution >= 4 is 15.9 Å². The maximum Gasteiger partial charge on any atom is 0.195 e. The van der Waals surface area contributed by atoms with Crippen LogP contribution in [0.2, 0.25) is 0 Å².